The van der Waals surface area contributed by atoms with Crippen molar-refractivity contribution in [2.24, 2.45) is 10.4 Å². The summed E-state index contributed by atoms with van der Waals surface area (Å²) >= 11 is 0. The van der Waals surface area contributed by atoms with E-state index in [4.69, 9.17) is 4.74 Å². The first-order valence-corrected chi connectivity index (χ1v) is 9.57. The lowest BCUT2D eigenvalue weighted by Gasteiger charge is -2.27. The van der Waals surface area contributed by atoms with Gasteiger partial charge in [0.05, 0.1) is 18.6 Å². The number of amides is 2. The van der Waals surface area contributed by atoms with Gasteiger partial charge in [0.2, 0.25) is 11.8 Å². The summed E-state index contributed by atoms with van der Waals surface area (Å²) in [6.07, 6.45) is 0. The van der Waals surface area contributed by atoms with Crippen molar-refractivity contribution in [3.05, 3.63) is 0 Å². The van der Waals surface area contributed by atoms with Crippen LogP contribution in [0.1, 0.15) is 20.8 Å². The molecule has 1 rings (SSSR count). The third-order valence-electron chi connectivity index (χ3n) is 4.35. The molecular weight excluding hydrogens is 348 g/mol. The number of nitrogens with one attached hydrogen (secondary N) is 3. The molecule has 27 heavy (non-hydrogen) atoms. The van der Waals surface area contributed by atoms with E-state index in [-0.39, 0.29) is 18.4 Å². The number of ether oxygens (including phenoxy) is 1. The van der Waals surface area contributed by atoms with Gasteiger partial charge in [-0.3, -0.25) is 14.5 Å². The molecule has 1 aliphatic heterocycles. The fraction of sp³-hybridized carbons (Fsp3) is 0.833. The van der Waals surface area contributed by atoms with Crippen molar-refractivity contribution in [2.45, 2.75) is 20.8 Å². The number of morpholine rings is 1. The average Bonchev–Trinajstić information content (AvgIpc) is 2.64. The maximum absolute atomic E-state index is 12.2. The van der Waals surface area contributed by atoms with E-state index in [2.05, 4.69) is 25.8 Å². The predicted octanol–water partition coefficient (Wildman–Crippen LogP) is -0.896. The Morgan fingerprint density at radius 1 is 1.15 bits per heavy atom. The number of hydrogen-bond donors (Lipinski definition) is 3. The van der Waals surface area contributed by atoms with Gasteiger partial charge in [0, 0.05) is 53.4 Å². The summed E-state index contributed by atoms with van der Waals surface area (Å²) in [5, 5.41) is 9.30. The molecule has 9 heteroatoms. The molecule has 0 spiro atoms. The highest BCUT2D eigenvalue weighted by Gasteiger charge is 2.27. The second kappa shape index (κ2) is 11.8. The fourth-order valence-corrected chi connectivity index (χ4v) is 2.40. The maximum atomic E-state index is 12.2. The molecule has 0 aromatic rings. The second-order valence-corrected chi connectivity index (χ2v) is 7.43. The largest absolute Gasteiger partial charge is 0.379 e. The number of guanidine groups is 1. The van der Waals surface area contributed by atoms with E-state index in [0.29, 0.717) is 25.6 Å². The van der Waals surface area contributed by atoms with Crippen LogP contribution in [0.4, 0.5) is 0 Å². The molecule has 0 aliphatic carbocycles. The molecule has 1 saturated heterocycles. The number of likely N-dealkylation sites (N-methyl/N-ethyl adjacent to an activating group) is 1. The van der Waals surface area contributed by atoms with Gasteiger partial charge in [-0.25, -0.2) is 4.99 Å². The SMILES string of the molecule is CCNC(=O)C(C)(C)CNC(=NCC(=O)N(C)C)NCCN1CCOCC1. The van der Waals surface area contributed by atoms with Crippen molar-refractivity contribution in [1.82, 2.24) is 25.8 Å². The standard InChI is InChI=1S/C18H36N6O3/c1-6-19-16(26)18(2,3)14-22-17(21-13-15(25)23(4)5)20-7-8-24-9-11-27-12-10-24/h6-14H2,1-5H3,(H,19,26)(H2,20,21,22). The average molecular weight is 385 g/mol. The molecule has 0 aromatic carbocycles. The van der Waals surface area contributed by atoms with Crippen LogP contribution in [0.25, 0.3) is 0 Å². The molecule has 0 aromatic heterocycles. The fourth-order valence-electron chi connectivity index (χ4n) is 2.40. The first-order valence-electron chi connectivity index (χ1n) is 9.57. The lowest BCUT2D eigenvalue weighted by molar-refractivity contribution is -0.129. The quantitative estimate of drug-likeness (QED) is 0.352. The van der Waals surface area contributed by atoms with Crippen molar-refractivity contribution >= 4 is 17.8 Å². The predicted molar refractivity (Wildman–Crippen MR) is 107 cm³/mol. The molecule has 0 atom stereocenters. The zero-order valence-corrected chi connectivity index (χ0v) is 17.4. The van der Waals surface area contributed by atoms with E-state index in [1.807, 2.05) is 20.8 Å². The van der Waals surface area contributed by atoms with Gasteiger partial charge in [-0.05, 0) is 20.8 Å². The van der Waals surface area contributed by atoms with Crippen molar-refractivity contribution in [2.75, 3.05) is 73.1 Å². The van der Waals surface area contributed by atoms with Crippen LogP contribution in [0.15, 0.2) is 4.99 Å². The first-order chi connectivity index (χ1) is 12.8. The van der Waals surface area contributed by atoms with Crippen LogP contribution in [0.5, 0.6) is 0 Å². The summed E-state index contributed by atoms with van der Waals surface area (Å²) in [6.45, 7) is 11.6. The molecule has 1 fully saturated rings. The number of aliphatic imine (C=N–C) groups is 1. The summed E-state index contributed by atoms with van der Waals surface area (Å²) < 4.78 is 5.35. The molecule has 2 amide bonds. The number of rotatable bonds is 9. The van der Waals surface area contributed by atoms with E-state index >= 15 is 0 Å². The van der Waals surface area contributed by atoms with Crippen LogP contribution >= 0.6 is 0 Å². The monoisotopic (exact) mass is 384 g/mol. The third-order valence-corrected chi connectivity index (χ3v) is 4.35. The lowest BCUT2D eigenvalue weighted by atomic mass is 9.92. The van der Waals surface area contributed by atoms with Crippen molar-refractivity contribution in [3.63, 3.8) is 0 Å². The number of carbonyl (C=O) groups is 2. The van der Waals surface area contributed by atoms with Crippen molar-refractivity contribution in [3.8, 4) is 0 Å². The van der Waals surface area contributed by atoms with Gasteiger partial charge in [0.15, 0.2) is 5.96 Å². The highest BCUT2D eigenvalue weighted by molar-refractivity contribution is 5.86. The van der Waals surface area contributed by atoms with Crippen LogP contribution in [0.2, 0.25) is 0 Å². The summed E-state index contributed by atoms with van der Waals surface area (Å²) in [5.41, 5.74) is -0.589. The maximum Gasteiger partial charge on any atom is 0.243 e. The number of hydrogen-bond acceptors (Lipinski definition) is 5. The Bertz CT molecular complexity index is 501. The molecule has 3 N–H and O–H groups in total. The number of nitrogens with zero attached hydrogens (tertiary/aromatic N) is 3. The van der Waals surface area contributed by atoms with Crippen LogP contribution in [0, 0.1) is 5.41 Å². The molecule has 9 nitrogen and oxygen atoms in total. The van der Waals surface area contributed by atoms with E-state index in [0.717, 1.165) is 32.8 Å². The minimum atomic E-state index is -0.589. The van der Waals surface area contributed by atoms with Gasteiger partial charge in [-0.2, -0.15) is 0 Å². The van der Waals surface area contributed by atoms with Crippen LogP contribution in [-0.4, -0.2) is 101 Å². The zero-order valence-electron chi connectivity index (χ0n) is 17.4. The molecule has 1 aliphatic rings. The lowest BCUT2D eigenvalue weighted by Crippen LogP contribution is -2.49. The minimum Gasteiger partial charge on any atom is -0.379 e. The van der Waals surface area contributed by atoms with Gasteiger partial charge in [0.25, 0.3) is 0 Å². The third kappa shape index (κ3) is 9.05. The Labute approximate surface area is 162 Å². The molecule has 0 bridgehead atoms. The molecule has 0 unspecified atom stereocenters. The van der Waals surface area contributed by atoms with Crippen molar-refractivity contribution in [1.29, 1.82) is 0 Å². The molecule has 156 valence electrons. The first kappa shape index (κ1) is 23.2. The molecule has 0 radical (unpaired) electrons. The highest BCUT2D eigenvalue weighted by atomic mass is 16.5. The summed E-state index contributed by atoms with van der Waals surface area (Å²) in [6, 6.07) is 0. The topological polar surface area (TPSA) is 98.3 Å². The van der Waals surface area contributed by atoms with E-state index in [9.17, 15) is 9.59 Å². The van der Waals surface area contributed by atoms with Gasteiger partial charge in [-0.15, -0.1) is 0 Å². The van der Waals surface area contributed by atoms with E-state index < -0.39 is 5.41 Å². The molecule has 0 saturated carbocycles. The Morgan fingerprint density at radius 3 is 2.41 bits per heavy atom. The van der Waals surface area contributed by atoms with Crippen LogP contribution in [-0.2, 0) is 14.3 Å². The smallest absolute Gasteiger partial charge is 0.243 e. The van der Waals surface area contributed by atoms with Crippen molar-refractivity contribution < 1.29 is 14.3 Å². The van der Waals surface area contributed by atoms with E-state index in [1.54, 1.807) is 14.1 Å². The van der Waals surface area contributed by atoms with E-state index in [1.165, 1.54) is 4.90 Å². The van der Waals surface area contributed by atoms with Gasteiger partial charge >= 0.3 is 0 Å². The normalized spacial score (nSPS) is 16.0. The Balaban J connectivity index is 2.59. The van der Waals surface area contributed by atoms with Gasteiger partial charge in [0.1, 0.15) is 6.54 Å². The van der Waals surface area contributed by atoms with Crippen LogP contribution in [0.3, 0.4) is 0 Å². The minimum absolute atomic E-state index is 0.0189. The summed E-state index contributed by atoms with van der Waals surface area (Å²) in [7, 11) is 3.41. The van der Waals surface area contributed by atoms with Crippen LogP contribution < -0.4 is 16.0 Å². The molecule has 1 heterocycles. The summed E-state index contributed by atoms with van der Waals surface area (Å²) in [4.78, 5) is 32.2. The number of carbonyl (C=O) groups excluding carboxylic acids is 2. The van der Waals surface area contributed by atoms with Gasteiger partial charge in [-0.1, -0.05) is 0 Å². The molecular formula is C18H36N6O3. The second-order valence-electron chi connectivity index (χ2n) is 7.43. The Hall–Kier alpha value is -1.87. The Kier molecular flexibility index (Phi) is 10.1. The summed E-state index contributed by atoms with van der Waals surface area (Å²) in [5.74, 6) is 0.442. The van der Waals surface area contributed by atoms with Gasteiger partial charge < -0.3 is 25.6 Å². The highest BCUT2D eigenvalue weighted by Crippen LogP contribution is 2.13. The zero-order chi connectivity index (χ0) is 20.3. The Morgan fingerprint density at radius 2 is 1.81 bits per heavy atom.